The molecule has 0 bridgehead atoms. The molecule has 8 heteroatoms. The van der Waals surface area contributed by atoms with Crippen LogP contribution in [0.4, 0.5) is 0 Å². The van der Waals surface area contributed by atoms with E-state index in [0.29, 0.717) is 23.0 Å². The van der Waals surface area contributed by atoms with Crippen LogP contribution in [0.2, 0.25) is 0 Å². The Morgan fingerprint density at radius 2 is 1.97 bits per heavy atom. The van der Waals surface area contributed by atoms with E-state index in [1.165, 1.54) is 7.11 Å². The lowest BCUT2D eigenvalue weighted by atomic mass is 10.0. The summed E-state index contributed by atoms with van der Waals surface area (Å²) in [6, 6.07) is 16.6. The van der Waals surface area contributed by atoms with Crippen molar-refractivity contribution in [1.29, 1.82) is 0 Å². The number of benzene rings is 1. The van der Waals surface area contributed by atoms with Gasteiger partial charge in [0.15, 0.2) is 5.11 Å². The molecule has 0 amide bonds. The van der Waals surface area contributed by atoms with E-state index in [1.54, 1.807) is 25.4 Å². The van der Waals surface area contributed by atoms with Gasteiger partial charge in [-0.3, -0.25) is 4.98 Å². The zero-order valence-corrected chi connectivity index (χ0v) is 18.8. The van der Waals surface area contributed by atoms with Gasteiger partial charge < -0.3 is 24.1 Å². The Labute approximate surface area is 192 Å². The molecule has 2 aromatic heterocycles. The average molecular weight is 452 g/mol. The van der Waals surface area contributed by atoms with Gasteiger partial charge in [0.2, 0.25) is 0 Å². The maximum Gasteiger partial charge on any atom is 0.337 e. The van der Waals surface area contributed by atoms with Gasteiger partial charge in [-0.1, -0.05) is 18.2 Å². The molecule has 1 aliphatic heterocycles. The number of esters is 1. The Hall–Kier alpha value is -3.23. The summed E-state index contributed by atoms with van der Waals surface area (Å²) in [6.45, 7) is 1.38. The van der Waals surface area contributed by atoms with Crippen molar-refractivity contribution in [3.63, 3.8) is 0 Å². The lowest BCUT2D eigenvalue weighted by Gasteiger charge is -2.25. The number of thiocarbonyl (C=S) groups is 1. The number of aromatic nitrogens is 1. The van der Waals surface area contributed by atoms with E-state index in [9.17, 15) is 4.79 Å². The quantitative estimate of drug-likeness (QED) is 0.311. The van der Waals surface area contributed by atoms with Crippen LogP contribution in [0.15, 0.2) is 65.2 Å². The number of pyridine rings is 1. The molecule has 0 unspecified atom stereocenters. The molecule has 2 atom stereocenters. The molecule has 1 fully saturated rings. The highest BCUT2D eigenvalue weighted by atomic mass is 32.1. The zero-order chi connectivity index (χ0) is 22.5. The van der Waals surface area contributed by atoms with Gasteiger partial charge in [0, 0.05) is 32.0 Å². The Morgan fingerprint density at radius 1 is 1.16 bits per heavy atom. The van der Waals surface area contributed by atoms with Crippen molar-refractivity contribution in [3.05, 3.63) is 77.8 Å². The molecule has 166 valence electrons. The molecule has 1 N–H and O–H groups in total. The third-order valence-electron chi connectivity index (χ3n) is 5.45. The highest BCUT2D eigenvalue weighted by molar-refractivity contribution is 7.80. The summed E-state index contributed by atoms with van der Waals surface area (Å²) >= 11 is 5.66. The summed E-state index contributed by atoms with van der Waals surface area (Å²) in [7, 11) is 3.06. The summed E-state index contributed by atoms with van der Waals surface area (Å²) in [5.41, 5.74) is 2.26. The smallest absolute Gasteiger partial charge is 0.337 e. The van der Waals surface area contributed by atoms with Gasteiger partial charge in [0.05, 0.1) is 24.4 Å². The number of carbonyl (C=O) groups excluding carboxylic acids is 1. The van der Waals surface area contributed by atoms with Crippen LogP contribution < -0.4 is 5.32 Å². The van der Waals surface area contributed by atoms with Crippen molar-refractivity contribution in [1.82, 2.24) is 15.2 Å². The fraction of sp³-hybridized carbons (Fsp3) is 0.292. The lowest BCUT2D eigenvalue weighted by Crippen LogP contribution is -2.31. The highest BCUT2D eigenvalue weighted by Gasteiger charge is 2.41. The van der Waals surface area contributed by atoms with E-state index in [0.717, 1.165) is 30.0 Å². The number of nitrogens with zero attached hydrogens (tertiary/aromatic N) is 2. The number of methoxy groups -OCH3 is 2. The van der Waals surface area contributed by atoms with E-state index in [4.69, 9.17) is 26.1 Å². The van der Waals surface area contributed by atoms with E-state index in [1.807, 2.05) is 42.5 Å². The van der Waals surface area contributed by atoms with Crippen molar-refractivity contribution >= 4 is 23.3 Å². The first-order valence-electron chi connectivity index (χ1n) is 10.4. The Bertz CT molecular complexity index is 1070. The van der Waals surface area contributed by atoms with Crippen LogP contribution in [-0.2, 0) is 9.47 Å². The maximum absolute atomic E-state index is 11.7. The first kappa shape index (κ1) is 22.0. The van der Waals surface area contributed by atoms with Crippen molar-refractivity contribution in [2.45, 2.75) is 18.5 Å². The minimum Gasteiger partial charge on any atom is -0.465 e. The van der Waals surface area contributed by atoms with Crippen LogP contribution in [0, 0.1) is 0 Å². The van der Waals surface area contributed by atoms with E-state index < -0.39 is 0 Å². The average Bonchev–Trinajstić information content (AvgIpc) is 3.44. The van der Waals surface area contributed by atoms with Gasteiger partial charge >= 0.3 is 5.97 Å². The number of nitrogens with one attached hydrogen (secondary N) is 1. The van der Waals surface area contributed by atoms with Crippen LogP contribution in [0.25, 0.3) is 11.3 Å². The molecule has 0 saturated carbocycles. The highest BCUT2D eigenvalue weighted by Crippen LogP contribution is 2.40. The van der Waals surface area contributed by atoms with Crippen LogP contribution in [0.1, 0.15) is 40.3 Å². The Morgan fingerprint density at radius 3 is 2.66 bits per heavy atom. The van der Waals surface area contributed by atoms with Crippen LogP contribution in [-0.4, -0.2) is 48.3 Å². The number of carbonyl (C=O) groups is 1. The Kier molecular flexibility index (Phi) is 6.82. The molecule has 1 saturated heterocycles. The normalized spacial score (nSPS) is 17.9. The van der Waals surface area contributed by atoms with Crippen LogP contribution in [0.5, 0.6) is 0 Å². The third-order valence-corrected chi connectivity index (χ3v) is 5.81. The van der Waals surface area contributed by atoms with Crippen LogP contribution >= 0.6 is 12.2 Å². The first-order valence-corrected chi connectivity index (χ1v) is 10.8. The molecule has 3 aromatic rings. The molecule has 1 aromatic carbocycles. The molecular weight excluding hydrogens is 426 g/mol. The topological polar surface area (TPSA) is 76.8 Å². The predicted molar refractivity (Wildman–Crippen MR) is 124 cm³/mol. The van der Waals surface area contributed by atoms with Gasteiger partial charge in [-0.2, -0.15) is 0 Å². The lowest BCUT2D eigenvalue weighted by molar-refractivity contribution is 0.0600. The van der Waals surface area contributed by atoms with Crippen molar-refractivity contribution in [3.8, 4) is 11.3 Å². The summed E-state index contributed by atoms with van der Waals surface area (Å²) in [5.74, 6) is 1.13. The standard InChI is InChI=1S/C24H25N3O4S/c1-29-15-5-14-27-22(21(26-24(27)32)18-6-3-4-13-25-18)20-12-11-19(31-20)16-7-9-17(10-8-16)23(28)30-2/h3-4,6-13,21-22H,5,14-15H2,1-2H3,(H,26,32)/t21-,22+/m1/s1. The molecular formula is C24H25N3O4S. The number of hydrogen-bond donors (Lipinski definition) is 1. The van der Waals surface area contributed by atoms with Crippen LogP contribution in [0.3, 0.4) is 0 Å². The van der Waals surface area contributed by atoms with Crippen molar-refractivity contribution in [2.75, 3.05) is 27.4 Å². The summed E-state index contributed by atoms with van der Waals surface area (Å²) in [6.07, 6.45) is 2.62. The number of hydrogen-bond acceptors (Lipinski definition) is 6. The third kappa shape index (κ3) is 4.51. The molecule has 0 spiro atoms. The molecule has 3 heterocycles. The number of ether oxygens (including phenoxy) is 2. The van der Waals surface area contributed by atoms with Gasteiger partial charge in [-0.05, 0) is 55.0 Å². The fourth-order valence-electron chi connectivity index (χ4n) is 3.89. The second-order valence-corrected chi connectivity index (χ2v) is 7.82. The molecule has 1 aliphatic rings. The minimum atomic E-state index is -0.368. The summed E-state index contributed by atoms with van der Waals surface area (Å²) < 4.78 is 16.3. The molecule has 4 rings (SSSR count). The maximum atomic E-state index is 11.7. The largest absolute Gasteiger partial charge is 0.465 e. The second-order valence-electron chi connectivity index (χ2n) is 7.44. The van der Waals surface area contributed by atoms with E-state index >= 15 is 0 Å². The van der Waals surface area contributed by atoms with Gasteiger partial charge in [-0.25, -0.2) is 4.79 Å². The van der Waals surface area contributed by atoms with Gasteiger partial charge in [0.1, 0.15) is 17.6 Å². The second kappa shape index (κ2) is 9.93. The van der Waals surface area contributed by atoms with Crippen molar-refractivity contribution in [2.24, 2.45) is 0 Å². The number of furan rings is 1. The van der Waals surface area contributed by atoms with Gasteiger partial charge in [-0.15, -0.1) is 0 Å². The summed E-state index contributed by atoms with van der Waals surface area (Å²) in [4.78, 5) is 18.4. The monoisotopic (exact) mass is 451 g/mol. The minimum absolute atomic E-state index is 0.132. The fourth-order valence-corrected chi connectivity index (χ4v) is 4.22. The zero-order valence-electron chi connectivity index (χ0n) is 18.0. The van der Waals surface area contributed by atoms with Crippen molar-refractivity contribution < 1.29 is 18.7 Å². The first-order chi connectivity index (χ1) is 15.6. The molecule has 32 heavy (non-hydrogen) atoms. The SMILES string of the molecule is COCCCN1C(=S)N[C@H](c2ccccn2)[C@@H]1c1ccc(-c2ccc(C(=O)OC)cc2)o1. The van der Waals surface area contributed by atoms with E-state index in [-0.39, 0.29) is 18.1 Å². The summed E-state index contributed by atoms with van der Waals surface area (Å²) in [5, 5.41) is 4.08. The van der Waals surface area contributed by atoms with Gasteiger partial charge in [0.25, 0.3) is 0 Å². The molecule has 7 nitrogen and oxygen atoms in total. The molecule has 0 aliphatic carbocycles. The van der Waals surface area contributed by atoms with E-state index in [2.05, 4.69) is 15.2 Å². The Balaban J connectivity index is 1.64. The number of rotatable bonds is 8. The molecule has 0 radical (unpaired) electrons. The predicted octanol–water partition coefficient (Wildman–Crippen LogP) is 4.14.